The fourth-order valence-electron chi connectivity index (χ4n) is 2.78. The van der Waals surface area contributed by atoms with Gasteiger partial charge in [0.15, 0.2) is 0 Å². The molecule has 0 spiro atoms. The fourth-order valence-corrected chi connectivity index (χ4v) is 2.78. The molecule has 0 amide bonds. The second-order valence-corrected chi connectivity index (χ2v) is 6.83. The average Bonchev–Trinajstić information content (AvgIpc) is 2.74. The van der Waals surface area contributed by atoms with Crippen LogP contribution in [-0.4, -0.2) is 18.0 Å². The molecule has 0 aliphatic heterocycles. The van der Waals surface area contributed by atoms with Crippen LogP contribution in [0.25, 0.3) is 0 Å². The van der Waals surface area contributed by atoms with Crippen LogP contribution >= 0.6 is 0 Å². The molecule has 6 nitrogen and oxygen atoms in total. The number of non-ortho nitro benzene ring substituents is 1. The number of rotatable bonds is 10. The number of nitro benzene ring substituents is 1. The van der Waals surface area contributed by atoms with E-state index in [0.717, 1.165) is 36.6 Å². The molecule has 0 aliphatic carbocycles. The molecule has 0 saturated carbocycles. The van der Waals surface area contributed by atoms with Crippen molar-refractivity contribution in [1.82, 2.24) is 5.32 Å². The molecule has 3 aromatic carbocycles. The largest absolute Gasteiger partial charge is 0.489 e. The lowest BCUT2D eigenvalue weighted by atomic mass is 10.2. The summed E-state index contributed by atoms with van der Waals surface area (Å²) in [4.78, 5) is 10.2. The fraction of sp³-hybridized carbons (Fsp3) is 0.217. The average molecular weight is 391 g/mol. The van der Waals surface area contributed by atoms with Crippen molar-refractivity contribution in [3.8, 4) is 5.75 Å². The molecule has 6 heteroatoms. The van der Waals surface area contributed by atoms with Crippen LogP contribution in [0.3, 0.4) is 0 Å². The number of hydrogen-bond acceptors (Lipinski definition) is 5. The molecule has 0 radical (unpaired) electrons. The molecule has 3 rings (SSSR count). The standard InChI is InChI=1S/C23H25N3O3/c1-18-2-4-20(5-3-18)17-29-23-12-6-19(7-13-23)16-24-14-15-25-21-8-10-22(11-9-21)26(27)28/h2-13,24-25H,14-17H2,1H3. The van der Waals surface area contributed by atoms with Crippen LogP contribution in [-0.2, 0) is 13.2 Å². The Bertz CT molecular complexity index is 908. The zero-order chi connectivity index (χ0) is 20.5. The van der Waals surface area contributed by atoms with Crippen molar-refractivity contribution in [2.45, 2.75) is 20.1 Å². The maximum atomic E-state index is 10.6. The lowest BCUT2D eigenvalue weighted by molar-refractivity contribution is -0.384. The molecule has 0 bridgehead atoms. The molecule has 0 fully saturated rings. The Hall–Kier alpha value is -3.38. The van der Waals surface area contributed by atoms with Crippen LogP contribution in [0.2, 0.25) is 0 Å². The highest BCUT2D eigenvalue weighted by atomic mass is 16.6. The van der Waals surface area contributed by atoms with Gasteiger partial charge < -0.3 is 15.4 Å². The van der Waals surface area contributed by atoms with Gasteiger partial charge in [0.05, 0.1) is 4.92 Å². The summed E-state index contributed by atoms with van der Waals surface area (Å²) < 4.78 is 5.83. The van der Waals surface area contributed by atoms with Crippen LogP contribution in [0.1, 0.15) is 16.7 Å². The second-order valence-electron chi connectivity index (χ2n) is 6.83. The smallest absolute Gasteiger partial charge is 0.269 e. The Morgan fingerprint density at radius 1 is 0.862 bits per heavy atom. The molecule has 150 valence electrons. The van der Waals surface area contributed by atoms with Crippen molar-refractivity contribution in [3.05, 3.63) is 99.6 Å². The van der Waals surface area contributed by atoms with Gasteiger partial charge in [0.25, 0.3) is 5.69 Å². The first kappa shape index (κ1) is 20.4. The Balaban J connectivity index is 1.34. The van der Waals surface area contributed by atoms with Crippen LogP contribution in [0.15, 0.2) is 72.8 Å². The third-order valence-corrected chi connectivity index (χ3v) is 4.49. The van der Waals surface area contributed by atoms with Crippen molar-refractivity contribution in [3.63, 3.8) is 0 Å². The SMILES string of the molecule is Cc1ccc(COc2ccc(CNCCNc3ccc([N+](=O)[O-])cc3)cc2)cc1. The summed E-state index contributed by atoms with van der Waals surface area (Å²) in [5.74, 6) is 0.856. The molecule has 0 heterocycles. The molecule has 0 aromatic heterocycles. The van der Waals surface area contributed by atoms with Crippen molar-refractivity contribution >= 4 is 11.4 Å². The Morgan fingerprint density at radius 2 is 1.52 bits per heavy atom. The predicted octanol–water partition coefficient (Wildman–Crippen LogP) is 4.68. The molecular formula is C23H25N3O3. The third kappa shape index (κ3) is 6.62. The van der Waals surface area contributed by atoms with E-state index in [2.05, 4.69) is 54.0 Å². The first-order chi connectivity index (χ1) is 14.1. The van der Waals surface area contributed by atoms with Crippen LogP contribution in [0, 0.1) is 17.0 Å². The molecule has 2 N–H and O–H groups in total. The quantitative estimate of drug-likeness (QED) is 0.298. The van der Waals surface area contributed by atoms with Gasteiger partial charge in [-0.05, 0) is 42.3 Å². The number of nitro groups is 1. The summed E-state index contributed by atoms with van der Waals surface area (Å²) >= 11 is 0. The van der Waals surface area contributed by atoms with Crippen molar-refractivity contribution in [1.29, 1.82) is 0 Å². The zero-order valence-corrected chi connectivity index (χ0v) is 16.4. The zero-order valence-electron chi connectivity index (χ0n) is 16.4. The van der Waals surface area contributed by atoms with Gasteiger partial charge in [0, 0.05) is 37.5 Å². The van der Waals surface area contributed by atoms with Gasteiger partial charge in [-0.3, -0.25) is 10.1 Å². The van der Waals surface area contributed by atoms with Crippen molar-refractivity contribution < 1.29 is 9.66 Å². The maximum Gasteiger partial charge on any atom is 0.269 e. The van der Waals surface area contributed by atoms with Gasteiger partial charge in [-0.2, -0.15) is 0 Å². The highest BCUT2D eigenvalue weighted by Gasteiger charge is 2.03. The van der Waals surface area contributed by atoms with E-state index in [1.54, 1.807) is 12.1 Å². The van der Waals surface area contributed by atoms with Gasteiger partial charge in [-0.1, -0.05) is 42.0 Å². The topological polar surface area (TPSA) is 76.4 Å². The molecular weight excluding hydrogens is 366 g/mol. The van der Waals surface area contributed by atoms with Crippen molar-refractivity contribution in [2.75, 3.05) is 18.4 Å². The normalized spacial score (nSPS) is 10.5. The number of ether oxygens (including phenoxy) is 1. The lowest BCUT2D eigenvalue weighted by Gasteiger charge is -2.09. The van der Waals surface area contributed by atoms with Gasteiger partial charge in [0.2, 0.25) is 0 Å². The maximum absolute atomic E-state index is 10.6. The van der Waals surface area contributed by atoms with E-state index >= 15 is 0 Å². The summed E-state index contributed by atoms with van der Waals surface area (Å²) in [6, 6.07) is 22.9. The molecule has 0 aliphatic rings. The number of nitrogens with zero attached hydrogens (tertiary/aromatic N) is 1. The minimum atomic E-state index is -0.399. The first-order valence-corrected chi connectivity index (χ1v) is 9.56. The minimum Gasteiger partial charge on any atom is -0.489 e. The molecule has 0 atom stereocenters. The molecule has 0 unspecified atom stereocenters. The van der Waals surface area contributed by atoms with E-state index in [-0.39, 0.29) is 5.69 Å². The van der Waals surface area contributed by atoms with Gasteiger partial charge in [-0.15, -0.1) is 0 Å². The van der Waals surface area contributed by atoms with Crippen LogP contribution in [0.5, 0.6) is 5.75 Å². The number of benzene rings is 3. The number of aryl methyl sites for hydroxylation is 1. The highest BCUT2D eigenvalue weighted by Crippen LogP contribution is 2.16. The predicted molar refractivity (Wildman–Crippen MR) is 115 cm³/mol. The van der Waals surface area contributed by atoms with E-state index in [4.69, 9.17) is 4.74 Å². The molecule has 0 saturated heterocycles. The Kier molecular flexibility index (Phi) is 7.19. The van der Waals surface area contributed by atoms with E-state index in [0.29, 0.717) is 6.61 Å². The van der Waals surface area contributed by atoms with Crippen molar-refractivity contribution in [2.24, 2.45) is 0 Å². The van der Waals surface area contributed by atoms with Gasteiger partial charge in [-0.25, -0.2) is 0 Å². The van der Waals surface area contributed by atoms with E-state index in [1.807, 2.05) is 12.1 Å². The lowest BCUT2D eigenvalue weighted by Crippen LogP contribution is -2.21. The van der Waals surface area contributed by atoms with E-state index < -0.39 is 4.92 Å². The first-order valence-electron chi connectivity index (χ1n) is 9.56. The summed E-state index contributed by atoms with van der Waals surface area (Å²) in [5, 5.41) is 17.3. The summed E-state index contributed by atoms with van der Waals surface area (Å²) in [6.45, 7) is 4.91. The third-order valence-electron chi connectivity index (χ3n) is 4.49. The monoisotopic (exact) mass is 391 g/mol. The number of hydrogen-bond donors (Lipinski definition) is 2. The van der Waals surface area contributed by atoms with Crippen LogP contribution < -0.4 is 15.4 Å². The highest BCUT2D eigenvalue weighted by molar-refractivity contribution is 5.48. The summed E-state index contributed by atoms with van der Waals surface area (Å²) in [5.41, 5.74) is 4.55. The van der Waals surface area contributed by atoms with E-state index in [1.165, 1.54) is 23.3 Å². The Morgan fingerprint density at radius 3 is 2.17 bits per heavy atom. The number of anilines is 1. The molecule has 29 heavy (non-hydrogen) atoms. The minimum absolute atomic E-state index is 0.0972. The Labute approximate surface area is 170 Å². The number of nitrogens with one attached hydrogen (secondary N) is 2. The van der Waals surface area contributed by atoms with Gasteiger partial charge in [0.1, 0.15) is 12.4 Å². The van der Waals surface area contributed by atoms with Crippen LogP contribution in [0.4, 0.5) is 11.4 Å². The molecule has 3 aromatic rings. The second kappa shape index (κ2) is 10.2. The van der Waals surface area contributed by atoms with Gasteiger partial charge >= 0.3 is 0 Å². The van der Waals surface area contributed by atoms with E-state index in [9.17, 15) is 10.1 Å². The summed E-state index contributed by atoms with van der Waals surface area (Å²) in [7, 11) is 0. The summed E-state index contributed by atoms with van der Waals surface area (Å²) in [6.07, 6.45) is 0.